The van der Waals surface area contributed by atoms with Crippen molar-refractivity contribution in [1.82, 2.24) is 4.90 Å². The quantitative estimate of drug-likeness (QED) is 0.581. The fourth-order valence-electron chi connectivity index (χ4n) is 1.20. The lowest BCUT2D eigenvalue weighted by Gasteiger charge is -2.15. The fourth-order valence-corrected chi connectivity index (χ4v) is 1.20. The van der Waals surface area contributed by atoms with E-state index in [-0.39, 0.29) is 6.09 Å². The van der Waals surface area contributed by atoms with Crippen LogP contribution in [-0.2, 0) is 9.47 Å². The molecular weight excluding hydrogens is 158 g/mol. The van der Waals surface area contributed by atoms with Crippen LogP contribution in [0.4, 0.5) is 4.79 Å². The van der Waals surface area contributed by atoms with Crippen LogP contribution in [0.3, 0.4) is 0 Å². The minimum Gasteiger partial charge on any atom is -0.497 e. The number of carbonyl (C=O) groups is 1. The first-order chi connectivity index (χ1) is 5.88. The van der Waals surface area contributed by atoms with Crippen LogP contribution in [0.15, 0.2) is 24.1 Å². The van der Waals surface area contributed by atoms with Crippen LogP contribution < -0.4 is 0 Å². The zero-order valence-corrected chi connectivity index (χ0v) is 6.53. The topological polar surface area (TPSA) is 38.8 Å². The Balaban J connectivity index is 2.13. The molecule has 0 unspecified atom stereocenters. The van der Waals surface area contributed by atoms with Crippen molar-refractivity contribution in [2.45, 2.75) is 0 Å². The highest BCUT2D eigenvalue weighted by molar-refractivity contribution is 5.72. The number of allylic oxidation sites excluding steroid dienone is 1. The van der Waals surface area contributed by atoms with Crippen LogP contribution in [0.1, 0.15) is 0 Å². The van der Waals surface area contributed by atoms with Crippen molar-refractivity contribution in [1.29, 1.82) is 0 Å². The first kappa shape index (κ1) is 7.21. The minimum atomic E-state index is -0.271. The number of carbonyl (C=O) groups excluding carboxylic acids is 1. The van der Waals surface area contributed by atoms with Gasteiger partial charge in [0.25, 0.3) is 0 Å². The average Bonchev–Trinajstić information content (AvgIpc) is 2.53. The molecule has 0 N–H and O–H groups in total. The molecule has 0 aromatic carbocycles. The van der Waals surface area contributed by atoms with Gasteiger partial charge >= 0.3 is 6.09 Å². The zero-order chi connectivity index (χ0) is 8.39. The van der Waals surface area contributed by atoms with E-state index < -0.39 is 0 Å². The number of nitrogens with zero attached hydrogens (tertiary/aromatic N) is 1. The molecule has 2 aliphatic heterocycles. The zero-order valence-electron chi connectivity index (χ0n) is 6.53. The Morgan fingerprint density at radius 3 is 3.00 bits per heavy atom. The molecule has 0 aliphatic carbocycles. The van der Waals surface area contributed by atoms with E-state index in [4.69, 9.17) is 9.47 Å². The van der Waals surface area contributed by atoms with Gasteiger partial charge in [0.05, 0.1) is 12.8 Å². The van der Waals surface area contributed by atoms with Gasteiger partial charge < -0.3 is 9.47 Å². The Hall–Kier alpha value is -1.45. The third-order valence-electron chi connectivity index (χ3n) is 1.80. The first-order valence-electron chi connectivity index (χ1n) is 3.80. The van der Waals surface area contributed by atoms with Crippen LogP contribution in [0.25, 0.3) is 0 Å². The van der Waals surface area contributed by atoms with Gasteiger partial charge in [-0.25, -0.2) is 4.79 Å². The number of hydrogen-bond donors (Lipinski definition) is 0. The molecule has 1 fully saturated rings. The molecule has 2 aliphatic rings. The third-order valence-corrected chi connectivity index (χ3v) is 1.80. The highest BCUT2D eigenvalue weighted by atomic mass is 16.6. The SMILES string of the molecule is O=C1OCCN1C1=CCOC=C1. The van der Waals surface area contributed by atoms with Crippen LogP contribution in [0.2, 0.25) is 0 Å². The predicted octanol–water partition coefficient (Wildman–Crippen LogP) is 0.866. The lowest BCUT2D eigenvalue weighted by molar-refractivity contribution is 0.164. The van der Waals surface area contributed by atoms with Gasteiger partial charge in [0.1, 0.15) is 13.2 Å². The number of cyclic esters (lactones) is 1. The summed E-state index contributed by atoms with van der Waals surface area (Å²) in [7, 11) is 0. The Kier molecular flexibility index (Phi) is 1.74. The Morgan fingerprint density at radius 1 is 1.50 bits per heavy atom. The molecule has 2 rings (SSSR count). The molecule has 4 nitrogen and oxygen atoms in total. The van der Waals surface area contributed by atoms with Crippen molar-refractivity contribution in [3.8, 4) is 0 Å². The first-order valence-corrected chi connectivity index (χ1v) is 3.80. The van der Waals surface area contributed by atoms with Crippen LogP contribution >= 0.6 is 0 Å². The van der Waals surface area contributed by atoms with E-state index in [1.807, 2.05) is 6.08 Å². The monoisotopic (exact) mass is 167 g/mol. The standard InChI is InChI=1S/C8H9NO3/c10-8-9(3-6-12-8)7-1-4-11-5-2-7/h1-2,4H,3,5-6H2. The van der Waals surface area contributed by atoms with E-state index in [0.717, 1.165) is 5.70 Å². The third kappa shape index (κ3) is 1.15. The molecule has 1 saturated heterocycles. The molecule has 0 saturated carbocycles. The smallest absolute Gasteiger partial charge is 0.414 e. The van der Waals surface area contributed by atoms with Crippen molar-refractivity contribution in [3.05, 3.63) is 24.1 Å². The van der Waals surface area contributed by atoms with Gasteiger partial charge in [-0.3, -0.25) is 4.90 Å². The van der Waals surface area contributed by atoms with Crippen molar-refractivity contribution in [2.75, 3.05) is 19.8 Å². The molecular formula is C8H9NO3. The van der Waals surface area contributed by atoms with E-state index in [0.29, 0.717) is 19.8 Å². The molecule has 4 heteroatoms. The van der Waals surface area contributed by atoms with Crippen molar-refractivity contribution < 1.29 is 14.3 Å². The van der Waals surface area contributed by atoms with E-state index in [1.165, 1.54) is 0 Å². The molecule has 0 aromatic heterocycles. The van der Waals surface area contributed by atoms with Crippen molar-refractivity contribution in [2.24, 2.45) is 0 Å². The largest absolute Gasteiger partial charge is 0.497 e. The summed E-state index contributed by atoms with van der Waals surface area (Å²) >= 11 is 0. The predicted molar refractivity (Wildman–Crippen MR) is 41.2 cm³/mol. The van der Waals surface area contributed by atoms with Gasteiger partial charge in [-0.05, 0) is 12.2 Å². The molecule has 12 heavy (non-hydrogen) atoms. The number of hydrogen-bond acceptors (Lipinski definition) is 3. The van der Waals surface area contributed by atoms with Crippen LogP contribution in [-0.4, -0.2) is 30.8 Å². The van der Waals surface area contributed by atoms with Crippen LogP contribution in [0, 0.1) is 0 Å². The fraction of sp³-hybridized carbons (Fsp3) is 0.375. The second kappa shape index (κ2) is 2.89. The molecule has 0 spiro atoms. The second-order valence-electron chi connectivity index (χ2n) is 2.53. The van der Waals surface area contributed by atoms with E-state index in [9.17, 15) is 4.79 Å². The lowest BCUT2D eigenvalue weighted by Crippen LogP contribution is -2.23. The Morgan fingerprint density at radius 2 is 2.42 bits per heavy atom. The van der Waals surface area contributed by atoms with E-state index in [2.05, 4.69) is 0 Å². The Bertz CT molecular complexity index is 257. The lowest BCUT2D eigenvalue weighted by atomic mass is 10.3. The number of amides is 1. The highest BCUT2D eigenvalue weighted by Gasteiger charge is 2.24. The summed E-state index contributed by atoms with van der Waals surface area (Å²) < 4.78 is 9.75. The highest BCUT2D eigenvalue weighted by Crippen LogP contribution is 2.15. The van der Waals surface area contributed by atoms with Gasteiger partial charge in [-0.15, -0.1) is 0 Å². The molecule has 1 amide bonds. The van der Waals surface area contributed by atoms with Crippen molar-refractivity contribution in [3.63, 3.8) is 0 Å². The molecule has 0 aromatic rings. The summed E-state index contributed by atoms with van der Waals surface area (Å²) in [6.45, 7) is 1.63. The van der Waals surface area contributed by atoms with Gasteiger partial charge in [-0.1, -0.05) is 0 Å². The molecule has 2 heterocycles. The van der Waals surface area contributed by atoms with Crippen molar-refractivity contribution >= 4 is 6.09 Å². The normalized spacial score (nSPS) is 21.8. The van der Waals surface area contributed by atoms with Gasteiger partial charge in [0.15, 0.2) is 0 Å². The molecule has 0 bridgehead atoms. The van der Waals surface area contributed by atoms with Gasteiger partial charge in [-0.2, -0.15) is 0 Å². The van der Waals surface area contributed by atoms with Gasteiger partial charge in [0.2, 0.25) is 0 Å². The summed E-state index contributed by atoms with van der Waals surface area (Å²) in [6.07, 6.45) is 4.93. The molecule has 64 valence electrons. The van der Waals surface area contributed by atoms with Crippen LogP contribution in [0.5, 0.6) is 0 Å². The summed E-state index contributed by atoms with van der Waals surface area (Å²) in [5.74, 6) is 0. The Labute approximate surface area is 70.1 Å². The molecule has 0 atom stereocenters. The van der Waals surface area contributed by atoms with Gasteiger partial charge in [0, 0.05) is 5.70 Å². The average molecular weight is 167 g/mol. The maximum atomic E-state index is 11.1. The maximum Gasteiger partial charge on any atom is 0.414 e. The maximum absolute atomic E-state index is 11.1. The summed E-state index contributed by atoms with van der Waals surface area (Å²) in [4.78, 5) is 12.7. The minimum absolute atomic E-state index is 0.271. The number of rotatable bonds is 1. The second-order valence-corrected chi connectivity index (χ2v) is 2.53. The number of ether oxygens (including phenoxy) is 2. The van der Waals surface area contributed by atoms with E-state index >= 15 is 0 Å². The summed E-state index contributed by atoms with van der Waals surface area (Å²) in [6, 6.07) is 0. The summed E-state index contributed by atoms with van der Waals surface area (Å²) in [5.41, 5.74) is 0.865. The van der Waals surface area contributed by atoms with E-state index in [1.54, 1.807) is 17.2 Å². The molecule has 0 radical (unpaired) electrons. The summed E-state index contributed by atoms with van der Waals surface area (Å²) in [5, 5.41) is 0.